The van der Waals surface area contributed by atoms with Crippen molar-refractivity contribution < 1.29 is 14.3 Å². The average Bonchev–Trinajstić information content (AvgIpc) is 2.49. The van der Waals surface area contributed by atoms with E-state index in [1.54, 1.807) is 12.1 Å². The van der Waals surface area contributed by atoms with Crippen LogP contribution in [0, 0.1) is 0 Å². The van der Waals surface area contributed by atoms with Gasteiger partial charge in [0.1, 0.15) is 11.5 Å². The second-order valence-electron chi connectivity index (χ2n) is 4.67. The summed E-state index contributed by atoms with van der Waals surface area (Å²) in [5.41, 5.74) is 0.562. The van der Waals surface area contributed by atoms with Crippen LogP contribution in [0.4, 0.5) is 5.69 Å². The fraction of sp³-hybridized carbons (Fsp3) is 0.500. The number of hydrogen-bond acceptors (Lipinski definition) is 5. The van der Waals surface area contributed by atoms with Crippen molar-refractivity contribution >= 4 is 35.0 Å². The third-order valence-electron chi connectivity index (χ3n) is 3.18. The Bertz CT molecular complexity index is 507. The molecule has 5 nitrogen and oxygen atoms in total. The Kier molecular flexibility index (Phi) is 6.02. The third-order valence-corrected chi connectivity index (χ3v) is 4.60. The molecule has 2 rings (SSSR count). The Morgan fingerprint density at radius 2 is 2.19 bits per heavy atom. The van der Waals surface area contributed by atoms with Gasteiger partial charge in [0.2, 0.25) is 5.91 Å². The van der Waals surface area contributed by atoms with E-state index in [1.807, 2.05) is 11.8 Å². The monoisotopic (exact) mass is 330 g/mol. The number of methoxy groups -OCH3 is 2. The van der Waals surface area contributed by atoms with Gasteiger partial charge in [-0.15, -0.1) is 0 Å². The van der Waals surface area contributed by atoms with Crippen LogP contribution in [0.5, 0.6) is 11.5 Å². The molecule has 0 aliphatic carbocycles. The van der Waals surface area contributed by atoms with Gasteiger partial charge in [0.15, 0.2) is 0 Å². The van der Waals surface area contributed by atoms with Crippen molar-refractivity contribution in [3.8, 4) is 11.5 Å². The SMILES string of the molecule is COc1cc(NC(=O)CC2CSCCN2)c(OC)cc1Cl. The highest BCUT2D eigenvalue weighted by atomic mass is 35.5. The number of nitrogens with one attached hydrogen (secondary N) is 2. The molecule has 0 aromatic heterocycles. The predicted octanol–water partition coefficient (Wildman–Crippen LogP) is 2.39. The van der Waals surface area contributed by atoms with E-state index in [9.17, 15) is 4.79 Å². The maximum Gasteiger partial charge on any atom is 0.226 e. The van der Waals surface area contributed by atoms with Crippen LogP contribution in [0.25, 0.3) is 0 Å². The van der Waals surface area contributed by atoms with Crippen LogP contribution >= 0.6 is 23.4 Å². The van der Waals surface area contributed by atoms with Gasteiger partial charge < -0.3 is 20.1 Å². The van der Waals surface area contributed by atoms with Gasteiger partial charge in [0, 0.05) is 42.6 Å². The number of benzene rings is 1. The number of ether oxygens (including phenoxy) is 2. The minimum Gasteiger partial charge on any atom is -0.495 e. The lowest BCUT2D eigenvalue weighted by Gasteiger charge is -2.22. The minimum absolute atomic E-state index is 0.0577. The number of halogens is 1. The molecule has 2 N–H and O–H groups in total. The van der Waals surface area contributed by atoms with Gasteiger partial charge >= 0.3 is 0 Å². The first kappa shape index (κ1) is 16.3. The van der Waals surface area contributed by atoms with Crippen molar-refractivity contribution in [3.05, 3.63) is 17.2 Å². The van der Waals surface area contributed by atoms with Gasteiger partial charge in [-0.2, -0.15) is 11.8 Å². The Balaban J connectivity index is 2.05. The van der Waals surface area contributed by atoms with Gasteiger partial charge in [-0.05, 0) is 0 Å². The van der Waals surface area contributed by atoms with Crippen LogP contribution in [-0.2, 0) is 4.79 Å². The summed E-state index contributed by atoms with van der Waals surface area (Å²) in [5, 5.41) is 6.64. The van der Waals surface area contributed by atoms with Crippen LogP contribution in [0.3, 0.4) is 0 Å². The minimum atomic E-state index is -0.0577. The van der Waals surface area contributed by atoms with Crippen molar-refractivity contribution in [1.29, 1.82) is 0 Å². The van der Waals surface area contributed by atoms with E-state index >= 15 is 0 Å². The number of rotatable bonds is 5. The molecule has 1 saturated heterocycles. The summed E-state index contributed by atoms with van der Waals surface area (Å²) in [6, 6.07) is 3.51. The largest absolute Gasteiger partial charge is 0.495 e. The molecule has 1 fully saturated rings. The van der Waals surface area contributed by atoms with Crippen LogP contribution in [0.2, 0.25) is 5.02 Å². The lowest BCUT2D eigenvalue weighted by molar-refractivity contribution is -0.116. The topological polar surface area (TPSA) is 59.6 Å². The maximum absolute atomic E-state index is 12.1. The summed E-state index contributed by atoms with van der Waals surface area (Å²) >= 11 is 7.90. The van der Waals surface area contributed by atoms with E-state index in [0.717, 1.165) is 18.1 Å². The number of carbonyl (C=O) groups excluding carboxylic acids is 1. The molecule has 0 saturated carbocycles. The Labute approximate surface area is 133 Å². The zero-order valence-corrected chi connectivity index (χ0v) is 13.6. The van der Waals surface area contributed by atoms with Crippen molar-refractivity contribution in [2.45, 2.75) is 12.5 Å². The highest BCUT2D eigenvalue weighted by Gasteiger charge is 2.18. The number of hydrogen-bond donors (Lipinski definition) is 2. The molecule has 0 bridgehead atoms. The summed E-state index contributed by atoms with van der Waals surface area (Å²) < 4.78 is 10.4. The molecule has 116 valence electrons. The molecule has 1 unspecified atom stereocenters. The first-order valence-corrected chi connectivity index (χ1v) is 8.19. The predicted molar refractivity (Wildman–Crippen MR) is 86.9 cm³/mol. The second kappa shape index (κ2) is 7.77. The standard InChI is InChI=1S/C14H19ClN2O3S/c1-19-12-7-11(13(20-2)6-10(12)15)17-14(18)5-9-8-21-4-3-16-9/h6-7,9,16H,3-5,8H2,1-2H3,(H,17,18). The van der Waals surface area contributed by atoms with Gasteiger partial charge in [-0.25, -0.2) is 0 Å². The molecular formula is C14H19ClN2O3S. The van der Waals surface area contributed by atoms with Crippen LogP contribution < -0.4 is 20.1 Å². The molecule has 0 radical (unpaired) electrons. The molecule has 1 heterocycles. The fourth-order valence-corrected chi connectivity index (χ4v) is 3.31. The Hall–Kier alpha value is -1.11. The maximum atomic E-state index is 12.1. The molecular weight excluding hydrogens is 312 g/mol. The molecule has 0 spiro atoms. The van der Waals surface area contributed by atoms with E-state index in [-0.39, 0.29) is 11.9 Å². The molecule has 1 aliphatic rings. The molecule has 1 aliphatic heterocycles. The summed E-state index contributed by atoms with van der Waals surface area (Å²) in [4.78, 5) is 12.1. The first-order valence-electron chi connectivity index (χ1n) is 6.66. The quantitative estimate of drug-likeness (QED) is 0.868. The molecule has 21 heavy (non-hydrogen) atoms. The molecule has 1 atom stereocenters. The van der Waals surface area contributed by atoms with Gasteiger partial charge in [-0.3, -0.25) is 4.79 Å². The Morgan fingerprint density at radius 1 is 1.43 bits per heavy atom. The van der Waals surface area contributed by atoms with Crippen molar-refractivity contribution in [2.24, 2.45) is 0 Å². The van der Waals surface area contributed by atoms with E-state index in [2.05, 4.69) is 10.6 Å². The fourth-order valence-electron chi connectivity index (χ4n) is 2.13. The van der Waals surface area contributed by atoms with Crippen LogP contribution in [-0.4, -0.2) is 44.2 Å². The van der Waals surface area contributed by atoms with E-state index in [4.69, 9.17) is 21.1 Å². The zero-order chi connectivity index (χ0) is 15.2. The zero-order valence-electron chi connectivity index (χ0n) is 12.1. The summed E-state index contributed by atoms with van der Waals surface area (Å²) in [6.45, 7) is 0.945. The second-order valence-corrected chi connectivity index (χ2v) is 6.22. The summed E-state index contributed by atoms with van der Waals surface area (Å²) in [6.07, 6.45) is 0.432. The summed E-state index contributed by atoms with van der Waals surface area (Å²) in [7, 11) is 3.07. The number of amides is 1. The third kappa shape index (κ3) is 4.43. The van der Waals surface area contributed by atoms with Gasteiger partial charge in [0.05, 0.1) is 24.9 Å². The number of anilines is 1. The molecule has 7 heteroatoms. The van der Waals surface area contributed by atoms with Crippen molar-refractivity contribution in [2.75, 3.05) is 37.6 Å². The van der Waals surface area contributed by atoms with Crippen LogP contribution in [0.1, 0.15) is 6.42 Å². The van der Waals surface area contributed by atoms with E-state index < -0.39 is 0 Å². The normalized spacial score (nSPS) is 18.1. The first-order chi connectivity index (χ1) is 10.1. The van der Waals surface area contributed by atoms with Crippen LogP contribution in [0.15, 0.2) is 12.1 Å². The summed E-state index contributed by atoms with van der Waals surface area (Å²) in [5.74, 6) is 3.01. The van der Waals surface area contributed by atoms with Crippen molar-refractivity contribution in [3.63, 3.8) is 0 Å². The number of thioether (sulfide) groups is 1. The van der Waals surface area contributed by atoms with Crippen molar-refractivity contribution in [1.82, 2.24) is 5.32 Å². The lowest BCUT2D eigenvalue weighted by Crippen LogP contribution is -2.39. The lowest BCUT2D eigenvalue weighted by atomic mass is 10.2. The smallest absolute Gasteiger partial charge is 0.226 e. The highest BCUT2D eigenvalue weighted by molar-refractivity contribution is 7.99. The average molecular weight is 331 g/mol. The van der Waals surface area contributed by atoms with Gasteiger partial charge in [0.25, 0.3) is 0 Å². The highest BCUT2D eigenvalue weighted by Crippen LogP contribution is 2.35. The number of carbonyl (C=O) groups is 1. The molecule has 1 amide bonds. The Morgan fingerprint density at radius 3 is 2.81 bits per heavy atom. The van der Waals surface area contributed by atoms with E-state index in [0.29, 0.717) is 28.6 Å². The molecule has 1 aromatic carbocycles. The van der Waals surface area contributed by atoms with Gasteiger partial charge in [-0.1, -0.05) is 11.6 Å². The molecule has 1 aromatic rings. The van der Waals surface area contributed by atoms with E-state index in [1.165, 1.54) is 14.2 Å².